The van der Waals surface area contributed by atoms with Crippen molar-refractivity contribution in [1.82, 2.24) is 0 Å². The molecule has 0 aliphatic heterocycles. The fraction of sp³-hybridized carbons (Fsp3) is 0.167. The number of alkyl halides is 3. The third kappa shape index (κ3) is 4.38. The highest BCUT2D eigenvalue weighted by Gasteiger charge is 2.30. The van der Waals surface area contributed by atoms with Crippen LogP contribution in [0, 0.1) is 0 Å². The molecule has 0 atom stereocenters. The van der Waals surface area contributed by atoms with E-state index in [9.17, 15) is 23.1 Å². The second-order valence-electron chi connectivity index (χ2n) is 4.95. The van der Waals surface area contributed by atoms with E-state index in [2.05, 4.69) is 0 Å². The van der Waals surface area contributed by atoms with Gasteiger partial charge in [-0.1, -0.05) is 24.3 Å². The number of halogens is 3. The second kappa shape index (κ2) is 7.21. The number of rotatable bonds is 5. The Balaban J connectivity index is 2.46. The number of carboxylic acid groups (broad SMARTS) is 1. The molecule has 0 radical (unpaired) electrons. The molecule has 0 aliphatic rings. The van der Waals surface area contributed by atoms with Gasteiger partial charge in [-0.2, -0.15) is 13.2 Å². The predicted molar refractivity (Wildman–Crippen MR) is 84.6 cm³/mol. The minimum Gasteiger partial charge on any atom is -0.494 e. The molecule has 0 saturated carbocycles. The van der Waals surface area contributed by atoms with Crippen molar-refractivity contribution in [3.05, 3.63) is 65.2 Å². The number of carboxylic acids is 1. The summed E-state index contributed by atoms with van der Waals surface area (Å²) in [4.78, 5) is 11.5. The monoisotopic (exact) mass is 336 g/mol. The van der Waals surface area contributed by atoms with Crippen LogP contribution in [0.25, 0.3) is 11.6 Å². The van der Waals surface area contributed by atoms with Crippen LogP contribution in [0.1, 0.15) is 23.6 Å². The molecule has 0 amide bonds. The first kappa shape index (κ1) is 17.6. The molecule has 1 N–H and O–H groups in total. The van der Waals surface area contributed by atoms with Crippen LogP contribution in [0.3, 0.4) is 0 Å². The first-order chi connectivity index (χ1) is 11.3. The standard InChI is InChI=1S/C18H15F3O3/c1-2-24-15-8-4-6-13(11-15)16(17(22)23)10-12-5-3-7-14(9-12)18(19,20)21/h3-11H,2H2,1H3,(H,22,23)/b16-10-. The van der Waals surface area contributed by atoms with Crippen molar-refractivity contribution in [3.8, 4) is 5.75 Å². The molecule has 2 aromatic carbocycles. The highest BCUT2D eigenvalue weighted by molar-refractivity contribution is 6.20. The van der Waals surface area contributed by atoms with Gasteiger partial charge in [0.2, 0.25) is 0 Å². The molecule has 0 aromatic heterocycles. The lowest BCUT2D eigenvalue weighted by Crippen LogP contribution is -2.05. The number of ether oxygens (including phenoxy) is 1. The van der Waals surface area contributed by atoms with Gasteiger partial charge in [-0.05, 0) is 48.4 Å². The van der Waals surface area contributed by atoms with E-state index < -0.39 is 17.7 Å². The maximum absolute atomic E-state index is 12.8. The van der Waals surface area contributed by atoms with Crippen molar-refractivity contribution >= 4 is 17.6 Å². The molecule has 0 bridgehead atoms. The maximum Gasteiger partial charge on any atom is 0.416 e. The molecule has 2 rings (SSSR count). The fourth-order valence-electron chi connectivity index (χ4n) is 2.16. The molecule has 3 nitrogen and oxygen atoms in total. The van der Waals surface area contributed by atoms with Gasteiger partial charge < -0.3 is 9.84 Å². The minimum absolute atomic E-state index is 0.115. The van der Waals surface area contributed by atoms with E-state index >= 15 is 0 Å². The fourth-order valence-corrected chi connectivity index (χ4v) is 2.16. The average molecular weight is 336 g/mol. The Bertz CT molecular complexity index is 764. The Morgan fingerprint density at radius 2 is 1.88 bits per heavy atom. The average Bonchev–Trinajstić information content (AvgIpc) is 2.52. The van der Waals surface area contributed by atoms with Gasteiger partial charge in [-0.15, -0.1) is 0 Å². The molecule has 0 fully saturated rings. The predicted octanol–water partition coefficient (Wildman–Crippen LogP) is 4.73. The Hall–Kier alpha value is -2.76. The SMILES string of the molecule is CCOc1cccc(/C(=C/c2cccc(C(F)(F)F)c2)C(=O)O)c1. The lowest BCUT2D eigenvalue weighted by Gasteiger charge is -2.09. The van der Waals surface area contributed by atoms with E-state index in [1.165, 1.54) is 24.3 Å². The summed E-state index contributed by atoms with van der Waals surface area (Å²) >= 11 is 0. The molecule has 24 heavy (non-hydrogen) atoms. The molecule has 0 aliphatic carbocycles. The second-order valence-corrected chi connectivity index (χ2v) is 4.95. The molecule has 0 saturated heterocycles. The summed E-state index contributed by atoms with van der Waals surface area (Å²) in [7, 11) is 0. The Labute approximate surface area is 137 Å². The van der Waals surface area contributed by atoms with Gasteiger partial charge in [-0.25, -0.2) is 4.79 Å². The van der Waals surface area contributed by atoms with Crippen LogP contribution < -0.4 is 4.74 Å². The number of carbonyl (C=O) groups is 1. The van der Waals surface area contributed by atoms with E-state index in [1.807, 2.05) is 0 Å². The summed E-state index contributed by atoms with van der Waals surface area (Å²) in [6.07, 6.45) is -3.27. The Morgan fingerprint density at radius 1 is 1.17 bits per heavy atom. The van der Waals surface area contributed by atoms with Crippen molar-refractivity contribution in [1.29, 1.82) is 0 Å². The maximum atomic E-state index is 12.8. The largest absolute Gasteiger partial charge is 0.494 e. The number of aliphatic carboxylic acids is 1. The summed E-state index contributed by atoms with van der Waals surface area (Å²) in [5.74, 6) is -0.743. The molecule has 0 heterocycles. The molecular formula is C18H15F3O3. The van der Waals surface area contributed by atoms with Gasteiger partial charge in [-0.3, -0.25) is 0 Å². The van der Waals surface area contributed by atoms with Crippen LogP contribution in [0.15, 0.2) is 48.5 Å². The summed E-state index contributed by atoms with van der Waals surface area (Å²) in [6.45, 7) is 2.21. The topological polar surface area (TPSA) is 46.5 Å². The van der Waals surface area contributed by atoms with Crippen LogP contribution >= 0.6 is 0 Å². The molecule has 0 unspecified atom stereocenters. The molecular weight excluding hydrogens is 321 g/mol. The highest BCUT2D eigenvalue weighted by Crippen LogP contribution is 2.30. The zero-order valence-electron chi connectivity index (χ0n) is 12.8. The van der Waals surface area contributed by atoms with E-state index in [4.69, 9.17) is 4.74 Å². The van der Waals surface area contributed by atoms with Crippen molar-refractivity contribution in [2.45, 2.75) is 13.1 Å². The van der Waals surface area contributed by atoms with Gasteiger partial charge in [0, 0.05) is 0 Å². The number of hydrogen-bond donors (Lipinski definition) is 1. The van der Waals surface area contributed by atoms with Crippen LogP contribution in [0.4, 0.5) is 13.2 Å². The van der Waals surface area contributed by atoms with Gasteiger partial charge >= 0.3 is 12.1 Å². The molecule has 126 valence electrons. The molecule has 6 heteroatoms. The third-order valence-electron chi connectivity index (χ3n) is 3.21. The first-order valence-electron chi connectivity index (χ1n) is 7.16. The van der Waals surface area contributed by atoms with Crippen molar-refractivity contribution < 1.29 is 27.8 Å². The lowest BCUT2D eigenvalue weighted by molar-refractivity contribution is -0.137. The van der Waals surface area contributed by atoms with Crippen LogP contribution in [0.5, 0.6) is 5.75 Å². The number of hydrogen-bond acceptors (Lipinski definition) is 2. The lowest BCUT2D eigenvalue weighted by atomic mass is 10.0. The van der Waals surface area contributed by atoms with Gasteiger partial charge in [0.25, 0.3) is 0 Å². The van der Waals surface area contributed by atoms with Crippen LogP contribution in [0.2, 0.25) is 0 Å². The minimum atomic E-state index is -4.48. The summed E-state index contributed by atoms with van der Waals surface area (Å²) in [6, 6.07) is 10.9. The van der Waals surface area contributed by atoms with Crippen molar-refractivity contribution in [2.75, 3.05) is 6.61 Å². The smallest absolute Gasteiger partial charge is 0.416 e. The summed E-state index contributed by atoms with van der Waals surface area (Å²) < 4.78 is 43.6. The highest BCUT2D eigenvalue weighted by atomic mass is 19.4. The summed E-state index contributed by atoms with van der Waals surface area (Å²) in [5, 5.41) is 9.41. The van der Waals surface area contributed by atoms with E-state index in [1.54, 1.807) is 25.1 Å². The molecule has 2 aromatic rings. The van der Waals surface area contributed by atoms with Crippen molar-refractivity contribution in [2.24, 2.45) is 0 Å². The molecule has 0 spiro atoms. The van der Waals surface area contributed by atoms with Crippen LogP contribution in [-0.2, 0) is 11.0 Å². The van der Waals surface area contributed by atoms with E-state index in [0.717, 1.165) is 12.1 Å². The Morgan fingerprint density at radius 3 is 2.50 bits per heavy atom. The Kier molecular flexibility index (Phi) is 5.28. The zero-order chi connectivity index (χ0) is 17.7. The van der Waals surface area contributed by atoms with Gasteiger partial charge in [0.05, 0.1) is 17.7 Å². The first-order valence-corrected chi connectivity index (χ1v) is 7.16. The normalized spacial score (nSPS) is 12.1. The quantitative estimate of drug-likeness (QED) is 0.634. The zero-order valence-corrected chi connectivity index (χ0v) is 12.8. The third-order valence-corrected chi connectivity index (χ3v) is 3.21. The van der Waals surface area contributed by atoms with Crippen molar-refractivity contribution in [3.63, 3.8) is 0 Å². The van der Waals surface area contributed by atoms with Crippen LogP contribution in [-0.4, -0.2) is 17.7 Å². The van der Waals surface area contributed by atoms with Gasteiger partial charge in [0.15, 0.2) is 0 Å². The van der Waals surface area contributed by atoms with Gasteiger partial charge in [0.1, 0.15) is 5.75 Å². The van der Waals surface area contributed by atoms with E-state index in [0.29, 0.717) is 17.9 Å². The summed E-state index contributed by atoms with van der Waals surface area (Å²) in [5.41, 5.74) is -0.435. The number of benzene rings is 2. The van der Waals surface area contributed by atoms with E-state index in [-0.39, 0.29) is 11.1 Å².